The van der Waals surface area contributed by atoms with Gasteiger partial charge in [0.25, 0.3) is 17.7 Å². The van der Waals surface area contributed by atoms with E-state index in [4.69, 9.17) is 5.10 Å². The average Bonchev–Trinajstić information content (AvgIpc) is 3.41. The highest BCUT2D eigenvalue weighted by atomic mass is 19.4. The highest BCUT2D eigenvalue weighted by molar-refractivity contribution is 6.05. The Labute approximate surface area is 266 Å². The summed E-state index contributed by atoms with van der Waals surface area (Å²) in [4.78, 5) is 31.2. The van der Waals surface area contributed by atoms with Crippen LogP contribution >= 0.6 is 0 Å². The second-order valence-corrected chi connectivity index (χ2v) is 11.7. The second kappa shape index (κ2) is 12.5. The number of para-hydroxylation sites is 1. The number of nitrogens with zero attached hydrogens (tertiary/aromatic N) is 4. The highest BCUT2D eigenvalue weighted by Gasteiger charge is 2.47. The topological polar surface area (TPSA) is 70.5 Å². The quantitative estimate of drug-likeness (QED) is 0.229. The molecule has 2 amide bonds. The molecule has 1 N–H and O–H groups in total. The Hall–Kier alpha value is -4.65. The van der Waals surface area contributed by atoms with E-state index in [1.807, 2.05) is 11.0 Å². The Balaban J connectivity index is 1.50. The number of rotatable bonds is 7. The minimum atomic E-state index is -4.69. The van der Waals surface area contributed by atoms with Crippen molar-refractivity contribution in [2.75, 3.05) is 24.5 Å². The number of benzene rings is 3. The molecule has 2 aliphatic heterocycles. The first-order valence-electron chi connectivity index (χ1n) is 15.2. The largest absolute Gasteiger partial charge is 0.416 e. The number of amides is 2. The third-order valence-electron chi connectivity index (χ3n) is 8.65. The zero-order valence-electron chi connectivity index (χ0n) is 25.3. The number of anilines is 1. The molecule has 0 aliphatic carbocycles. The summed E-state index contributed by atoms with van der Waals surface area (Å²) < 4.78 is 84.3. The summed E-state index contributed by atoms with van der Waals surface area (Å²) in [7, 11) is 0. The van der Waals surface area contributed by atoms with E-state index in [1.54, 1.807) is 35.9 Å². The fourth-order valence-corrected chi connectivity index (χ4v) is 6.28. The molecular formula is C34H31F6N5O2. The number of hydrogen-bond donors (Lipinski definition) is 1. The van der Waals surface area contributed by atoms with Crippen LogP contribution in [0.1, 0.15) is 58.4 Å². The van der Waals surface area contributed by atoms with Crippen molar-refractivity contribution in [3.8, 4) is 5.69 Å². The van der Waals surface area contributed by atoms with Gasteiger partial charge in [0.05, 0.1) is 16.9 Å². The second-order valence-electron chi connectivity index (χ2n) is 11.7. The van der Waals surface area contributed by atoms with Crippen molar-refractivity contribution >= 4 is 17.6 Å². The summed E-state index contributed by atoms with van der Waals surface area (Å²) >= 11 is 0. The predicted molar refractivity (Wildman–Crippen MR) is 162 cm³/mol. The summed E-state index contributed by atoms with van der Waals surface area (Å²) in [6.07, 6.45) is -5.35. The number of carbonyl (C=O) groups excluding carboxylic acids is 2. The molecule has 1 saturated heterocycles. The van der Waals surface area contributed by atoms with Gasteiger partial charge in [0.1, 0.15) is 17.7 Å². The third-order valence-corrected chi connectivity index (χ3v) is 8.65. The van der Waals surface area contributed by atoms with Crippen molar-refractivity contribution in [3.05, 3.63) is 113 Å². The summed E-state index contributed by atoms with van der Waals surface area (Å²) in [6, 6.07) is 17.0. The van der Waals surface area contributed by atoms with E-state index in [0.29, 0.717) is 34.4 Å². The standard InChI is InChI=1S/C34H31F6N5O2/c1-2-44-31-28(26(20-43-17-15-33(36,37)16-18-43)42-45(31)25-9-4-3-5-10-25)27(21-11-13-24(35)14-12-21)29(32(44)47)41-30(46)22-7-6-8-23(19-22)34(38,39)40/h3-14,19,27,29H,2,15-18,20H2,1H3,(H,41,46). The van der Waals surface area contributed by atoms with Crippen LogP contribution in [0.2, 0.25) is 0 Å². The molecular weight excluding hydrogens is 624 g/mol. The minimum absolute atomic E-state index is 0.104. The lowest BCUT2D eigenvalue weighted by Gasteiger charge is -2.39. The number of piperidine rings is 1. The van der Waals surface area contributed by atoms with Gasteiger partial charge >= 0.3 is 6.18 Å². The van der Waals surface area contributed by atoms with Crippen molar-refractivity contribution in [1.29, 1.82) is 0 Å². The van der Waals surface area contributed by atoms with Crippen LogP contribution in [-0.2, 0) is 17.5 Å². The van der Waals surface area contributed by atoms with E-state index in [1.165, 1.54) is 35.2 Å². The van der Waals surface area contributed by atoms with Crippen molar-refractivity contribution < 1.29 is 35.9 Å². The Morgan fingerprint density at radius 2 is 1.66 bits per heavy atom. The van der Waals surface area contributed by atoms with Gasteiger partial charge in [0.2, 0.25) is 0 Å². The number of carbonyl (C=O) groups is 2. The maximum atomic E-state index is 14.3. The molecule has 0 bridgehead atoms. The van der Waals surface area contributed by atoms with E-state index >= 15 is 0 Å². The van der Waals surface area contributed by atoms with Crippen LogP contribution in [0.3, 0.4) is 0 Å². The van der Waals surface area contributed by atoms with Gasteiger partial charge in [-0.25, -0.2) is 17.9 Å². The van der Waals surface area contributed by atoms with Gasteiger partial charge in [-0.2, -0.15) is 18.3 Å². The number of fused-ring (bicyclic) bond motifs is 1. The number of hydrogen-bond acceptors (Lipinski definition) is 4. The smallest absolute Gasteiger partial charge is 0.339 e. The molecule has 6 rings (SSSR count). The summed E-state index contributed by atoms with van der Waals surface area (Å²) in [5, 5.41) is 7.59. The van der Waals surface area contributed by atoms with Crippen molar-refractivity contribution in [2.45, 2.75) is 50.4 Å². The van der Waals surface area contributed by atoms with Crippen molar-refractivity contribution in [2.24, 2.45) is 0 Å². The molecule has 246 valence electrons. The van der Waals surface area contributed by atoms with Crippen LogP contribution in [0, 0.1) is 5.82 Å². The Morgan fingerprint density at radius 1 is 0.979 bits per heavy atom. The van der Waals surface area contributed by atoms with Gasteiger partial charge in [-0.3, -0.25) is 19.4 Å². The monoisotopic (exact) mass is 655 g/mol. The molecule has 0 spiro atoms. The summed E-state index contributed by atoms with van der Waals surface area (Å²) in [5.74, 6) is -5.31. The van der Waals surface area contributed by atoms with Crippen LogP contribution in [0.25, 0.3) is 5.69 Å². The normalized spacial score (nSPS) is 19.8. The zero-order chi connectivity index (χ0) is 33.5. The van der Waals surface area contributed by atoms with Gasteiger partial charge in [-0.15, -0.1) is 0 Å². The number of aromatic nitrogens is 2. The van der Waals surface area contributed by atoms with Gasteiger partial charge in [0.15, 0.2) is 0 Å². The van der Waals surface area contributed by atoms with Crippen LogP contribution in [-0.4, -0.2) is 58.1 Å². The average molecular weight is 656 g/mol. The number of likely N-dealkylation sites (tertiary alicyclic amines) is 1. The van der Waals surface area contributed by atoms with E-state index < -0.39 is 47.3 Å². The fraction of sp³-hybridized carbons (Fsp3) is 0.324. The molecule has 0 saturated carbocycles. The molecule has 3 aromatic carbocycles. The van der Waals surface area contributed by atoms with E-state index in [-0.39, 0.29) is 44.6 Å². The Kier molecular flexibility index (Phi) is 8.60. The molecule has 47 heavy (non-hydrogen) atoms. The molecule has 7 nitrogen and oxygen atoms in total. The summed E-state index contributed by atoms with van der Waals surface area (Å²) in [5.41, 5.74) is 0.738. The molecule has 0 radical (unpaired) electrons. The first-order valence-corrected chi connectivity index (χ1v) is 15.2. The van der Waals surface area contributed by atoms with Gasteiger partial charge in [-0.1, -0.05) is 36.4 Å². The maximum absolute atomic E-state index is 14.3. The molecule has 2 atom stereocenters. The van der Waals surface area contributed by atoms with Crippen molar-refractivity contribution in [1.82, 2.24) is 20.0 Å². The number of halogens is 6. The lowest BCUT2D eigenvalue weighted by molar-refractivity contribution is -0.137. The van der Waals surface area contributed by atoms with Crippen LogP contribution in [0.15, 0.2) is 78.9 Å². The molecule has 13 heteroatoms. The van der Waals surface area contributed by atoms with Gasteiger partial charge in [-0.05, 0) is 55.0 Å². The Morgan fingerprint density at radius 3 is 2.30 bits per heavy atom. The SMILES string of the molecule is CCN1C(=O)C(NC(=O)c2cccc(C(F)(F)F)c2)C(c2ccc(F)cc2)c2c(CN3CCC(F)(F)CC3)nn(-c3ccccc3)c21. The molecule has 4 aromatic rings. The van der Waals surface area contributed by atoms with E-state index in [0.717, 1.165) is 12.1 Å². The van der Waals surface area contributed by atoms with Crippen LogP contribution in [0.5, 0.6) is 0 Å². The third kappa shape index (κ3) is 6.49. The lowest BCUT2D eigenvalue weighted by Crippen LogP contribution is -2.55. The molecule has 2 aliphatic rings. The van der Waals surface area contributed by atoms with Crippen LogP contribution in [0.4, 0.5) is 32.2 Å². The van der Waals surface area contributed by atoms with Crippen molar-refractivity contribution in [3.63, 3.8) is 0 Å². The molecule has 2 unspecified atom stereocenters. The first-order chi connectivity index (χ1) is 22.4. The molecule has 1 fully saturated rings. The summed E-state index contributed by atoms with van der Waals surface area (Å²) in [6.45, 7) is 2.24. The van der Waals surface area contributed by atoms with Gasteiger partial charge in [0, 0.05) is 56.1 Å². The lowest BCUT2D eigenvalue weighted by atomic mass is 9.80. The number of likely N-dealkylation sites (N-methyl/N-ethyl adjacent to an activating group) is 1. The molecule has 3 heterocycles. The van der Waals surface area contributed by atoms with Gasteiger partial charge < -0.3 is 5.32 Å². The predicted octanol–water partition coefficient (Wildman–Crippen LogP) is 6.56. The van der Waals surface area contributed by atoms with E-state index in [2.05, 4.69) is 5.32 Å². The fourth-order valence-electron chi connectivity index (χ4n) is 6.28. The Bertz CT molecular complexity index is 1760. The first kappa shape index (κ1) is 32.3. The zero-order valence-corrected chi connectivity index (χ0v) is 25.3. The highest BCUT2D eigenvalue weighted by Crippen LogP contribution is 2.44. The number of nitrogens with one attached hydrogen (secondary N) is 1. The molecule has 1 aromatic heterocycles. The van der Waals surface area contributed by atoms with Crippen LogP contribution < -0.4 is 10.2 Å². The number of alkyl halides is 5. The maximum Gasteiger partial charge on any atom is 0.416 e. The van der Waals surface area contributed by atoms with E-state index in [9.17, 15) is 35.9 Å². The minimum Gasteiger partial charge on any atom is -0.339 e.